The number of benzene rings is 3. The molecule has 0 aliphatic rings. The Labute approximate surface area is 171 Å². The van der Waals surface area contributed by atoms with Crippen LogP contribution in [-0.2, 0) is 4.79 Å². The first-order valence-electron chi connectivity index (χ1n) is 8.87. The summed E-state index contributed by atoms with van der Waals surface area (Å²) >= 11 is 0. The lowest BCUT2D eigenvalue weighted by Gasteiger charge is -2.07. The Bertz CT molecular complexity index is 1030. The van der Waals surface area contributed by atoms with Gasteiger partial charge in [0.2, 0.25) is 0 Å². The number of carbonyl (C=O) groups is 2. The quantitative estimate of drug-likeness (QED) is 0.461. The first-order chi connectivity index (χ1) is 14.5. The molecule has 0 saturated heterocycles. The fraction of sp³-hybridized carbons (Fsp3) is 0.0455. The molecule has 0 saturated carbocycles. The zero-order valence-electron chi connectivity index (χ0n) is 15.6. The number of hydrogen-bond acceptors (Lipinski definition) is 4. The number of nitrogens with zero attached hydrogens (tertiary/aromatic N) is 1. The third-order valence-electron chi connectivity index (χ3n) is 3.86. The molecule has 0 atom stereocenters. The van der Waals surface area contributed by atoms with Crippen LogP contribution in [0.25, 0.3) is 0 Å². The van der Waals surface area contributed by atoms with Gasteiger partial charge in [-0.05, 0) is 78.4 Å². The van der Waals surface area contributed by atoms with Gasteiger partial charge in [-0.3, -0.25) is 9.59 Å². The van der Waals surface area contributed by atoms with Gasteiger partial charge >= 0.3 is 0 Å². The van der Waals surface area contributed by atoms with Crippen molar-refractivity contribution >= 4 is 23.7 Å². The molecule has 0 unspecified atom stereocenters. The van der Waals surface area contributed by atoms with E-state index in [2.05, 4.69) is 15.8 Å². The monoisotopic (exact) mass is 409 g/mol. The largest absolute Gasteiger partial charge is 0.484 e. The predicted octanol–water partition coefficient (Wildman–Crippen LogP) is 3.75. The first kappa shape index (κ1) is 20.7. The third kappa shape index (κ3) is 6.23. The Kier molecular flexibility index (Phi) is 6.83. The van der Waals surface area contributed by atoms with E-state index >= 15 is 0 Å². The lowest BCUT2D eigenvalue weighted by atomic mass is 10.2. The van der Waals surface area contributed by atoms with E-state index in [1.807, 2.05) is 0 Å². The van der Waals surface area contributed by atoms with Gasteiger partial charge in [-0.25, -0.2) is 14.2 Å². The Balaban J connectivity index is 1.45. The van der Waals surface area contributed by atoms with Crippen molar-refractivity contribution in [1.29, 1.82) is 0 Å². The summed E-state index contributed by atoms with van der Waals surface area (Å²) < 4.78 is 31.1. The minimum Gasteiger partial charge on any atom is -0.484 e. The van der Waals surface area contributed by atoms with E-state index in [0.29, 0.717) is 17.0 Å². The number of rotatable bonds is 7. The SMILES string of the molecule is O=C(COc1ccc(/C=N/NC(=O)c2ccc(F)cc2)cc1)Nc1ccc(F)cc1. The number of anilines is 1. The molecule has 0 fully saturated rings. The molecule has 152 valence electrons. The molecule has 6 nitrogen and oxygen atoms in total. The molecule has 8 heteroatoms. The van der Waals surface area contributed by atoms with Gasteiger partial charge in [0.25, 0.3) is 11.8 Å². The van der Waals surface area contributed by atoms with E-state index < -0.39 is 11.7 Å². The average Bonchev–Trinajstić information content (AvgIpc) is 2.75. The predicted molar refractivity (Wildman–Crippen MR) is 108 cm³/mol. The second-order valence-electron chi connectivity index (χ2n) is 6.12. The smallest absolute Gasteiger partial charge is 0.271 e. The highest BCUT2D eigenvalue weighted by atomic mass is 19.1. The van der Waals surface area contributed by atoms with Gasteiger partial charge in [0, 0.05) is 11.3 Å². The minimum absolute atomic E-state index is 0.210. The number of hydrazone groups is 1. The van der Waals surface area contributed by atoms with E-state index in [1.54, 1.807) is 24.3 Å². The molecule has 0 heterocycles. The van der Waals surface area contributed by atoms with Gasteiger partial charge in [0.15, 0.2) is 6.61 Å². The Morgan fingerprint density at radius 1 is 0.867 bits per heavy atom. The zero-order chi connectivity index (χ0) is 21.3. The minimum atomic E-state index is -0.460. The summed E-state index contributed by atoms with van der Waals surface area (Å²) in [7, 11) is 0. The van der Waals surface area contributed by atoms with E-state index in [-0.39, 0.29) is 23.9 Å². The molecule has 3 aromatic carbocycles. The molecule has 30 heavy (non-hydrogen) atoms. The van der Waals surface area contributed by atoms with Gasteiger partial charge in [-0.1, -0.05) is 0 Å². The van der Waals surface area contributed by atoms with Gasteiger partial charge in [-0.15, -0.1) is 0 Å². The summed E-state index contributed by atoms with van der Waals surface area (Å²) in [6.45, 7) is -0.210. The van der Waals surface area contributed by atoms with Crippen LogP contribution in [0.3, 0.4) is 0 Å². The molecule has 2 N–H and O–H groups in total. The summed E-state index contributed by atoms with van der Waals surface area (Å²) in [5, 5.41) is 6.44. The van der Waals surface area contributed by atoms with Crippen molar-refractivity contribution < 1.29 is 23.1 Å². The van der Waals surface area contributed by atoms with Crippen molar-refractivity contribution in [3.8, 4) is 5.75 Å². The second-order valence-corrected chi connectivity index (χ2v) is 6.12. The summed E-state index contributed by atoms with van der Waals surface area (Å²) in [6, 6.07) is 17.2. The maximum atomic E-state index is 12.9. The number of halogens is 2. The highest BCUT2D eigenvalue weighted by molar-refractivity contribution is 5.94. The summed E-state index contributed by atoms with van der Waals surface area (Å²) in [5.74, 6) is -1.18. The average molecular weight is 409 g/mol. The van der Waals surface area contributed by atoms with E-state index in [0.717, 1.165) is 0 Å². The van der Waals surface area contributed by atoms with Crippen LogP contribution in [0.2, 0.25) is 0 Å². The summed E-state index contributed by atoms with van der Waals surface area (Å²) in [5.41, 5.74) is 3.80. The van der Waals surface area contributed by atoms with Crippen LogP contribution in [-0.4, -0.2) is 24.6 Å². The second kappa shape index (κ2) is 9.92. The van der Waals surface area contributed by atoms with Crippen LogP contribution in [0.1, 0.15) is 15.9 Å². The Hall–Kier alpha value is -4.07. The molecular weight excluding hydrogens is 392 g/mol. The molecule has 0 aliphatic heterocycles. The number of ether oxygens (including phenoxy) is 1. The van der Waals surface area contributed by atoms with Crippen LogP contribution in [0.5, 0.6) is 5.75 Å². The van der Waals surface area contributed by atoms with Crippen LogP contribution in [0, 0.1) is 11.6 Å². The molecule has 2 amide bonds. The Morgan fingerprint density at radius 2 is 1.47 bits per heavy atom. The maximum Gasteiger partial charge on any atom is 0.271 e. The van der Waals surface area contributed by atoms with Crippen LogP contribution in [0.4, 0.5) is 14.5 Å². The summed E-state index contributed by atoms with van der Waals surface area (Å²) in [4.78, 5) is 23.7. The van der Waals surface area contributed by atoms with E-state index in [9.17, 15) is 18.4 Å². The highest BCUT2D eigenvalue weighted by Gasteiger charge is 2.05. The highest BCUT2D eigenvalue weighted by Crippen LogP contribution is 2.12. The van der Waals surface area contributed by atoms with Crippen molar-refractivity contribution in [3.63, 3.8) is 0 Å². The van der Waals surface area contributed by atoms with Crippen LogP contribution in [0.15, 0.2) is 77.9 Å². The van der Waals surface area contributed by atoms with Gasteiger partial charge in [0.1, 0.15) is 17.4 Å². The van der Waals surface area contributed by atoms with Crippen molar-refractivity contribution in [2.45, 2.75) is 0 Å². The molecular formula is C22H17F2N3O3. The topological polar surface area (TPSA) is 79.8 Å². The number of hydrogen-bond donors (Lipinski definition) is 2. The van der Waals surface area contributed by atoms with Crippen LogP contribution < -0.4 is 15.5 Å². The first-order valence-corrected chi connectivity index (χ1v) is 8.87. The molecule has 0 aliphatic carbocycles. The molecule has 0 aromatic heterocycles. The van der Waals surface area contributed by atoms with Crippen molar-refractivity contribution in [2.75, 3.05) is 11.9 Å². The third-order valence-corrected chi connectivity index (χ3v) is 3.86. The number of nitrogens with one attached hydrogen (secondary N) is 2. The summed E-state index contributed by atoms with van der Waals surface area (Å²) in [6.07, 6.45) is 1.44. The number of carbonyl (C=O) groups excluding carboxylic acids is 2. The fourth-order valence-corrected chi connectivity index (χ4v) is 2.36. The molecule has 3 rings (SSSR count). The van der Waals surface area contributed by atoms with Gasteiger partial charge in [-0.2, -0.15) is 5.10 Å². The van der Waals surface area contributed by atoms with E-state index in [4.69, 9.17) is 4.74 Å². The van der Waals surface area contributed by atoms with Gasteiger partial charge in [0.05, 0.1) is 6.21 Å². The molecule has 3 aromatic rings. The van der Waals surface area contributed by atoms with Crippen molar-refractivity contribution in [2.24, 2.45) is 5.10 Å². The normalized spacial score (nSPS) is 10.6. The van der Waals surface area contributed by atoms with Crippen molar-refractivity contribution in [3.05, 3.63) is 95.6 Å². The van der Waals surface area contributed by atoms with E-state index in [1.165, 1.54) is 54.7 Å². The lowest BCUT2D eigenvalue weighted by molar-refractivity contribution is -0.118. The van der Waals surface area contributed by atoms with Gasteiger partial charge < -0.3 is 10.1 Å². The Morgan fingerprint density at radius 3 is 2.10 bits per heavy atom. The number of amides is 2. The van der Waals surface area contributed by atoms with Crippen LogP contribution >= 0.6 is 0 Å². The standard InChI is InChI=1S/C22H17F2N3O3/c23-17-5-3-16(4-6-17)22(29)27-25-13-15-1-11-20(12-2-15)30-14-21(28)26-19-9-7-18(24)8-10-19/h1-13H,14H2,(H,26,28)(H,27,29)/b25-13+. The van der Waals surface area contributed by atoms with Crippen molar-refractivity contribution in [1.82, 2.24) is 5.43 Å². The molecule has 0 radical (unpaired) electrons. The maximum absolute atomic E-state index is 12.9. The molecule has 0 bridgehead atoms. The lowest BCUT2D eigenvalue weighted by Crippen LogP contribution is -2.20. The molecule has 0 spiro atoms. The fourth-order valence-electron chi connectivity index (χ4n) is 2.36. The zero-order valence-corrected chi connectivity index (χ0v) is 15.6.